The molecule has 1 aliphatic carbocycles. The number of nitrogens with one attached hydrogen (secondary N) is 1. The molecule has 0 aromatic heterocycles. The van der Waals surface area contributed by atoms with Crippen LogP contribution in [-0.2, 0) is 16.0 Å². The maximum absolute atomic E-state index is 12.0. The molecule has 1 aromatic rings. The van der Waals surface area contributed by atoms with E-state index in [2.05, 4.69) is 5.32 Å². The molecular weight excluding hydrogens is 242 g/mol. The molecule has 0 atom stereocenters. The van der Waals surface area contributed by atoms with Crippen LogP contribution >= 0.6 is 0 Å². The number of aryl methyl sites for hydroxylation is 1. The van der Waals surface area contributed by atoms with E-state index in [1.807, 2.05) is 31.2 Å². The zero-order valence-electron chi connectivity index (χ0n) is 11.1. The second-order valence-electron chi connectivity index (χ2n) is 5.41. The Kier molecular flexibility index (Phi) is 3.88. The van der Waals surface area contributed by atoms with E-state index in [1.165, 1.54) is 0 Å². The molecule has 0 unspecified atom stereocenters. The standard InChI is InChI=1S/C15H19NO3/c1-11-3-5-12(6-4-11)9-13(17)16-15(7-2-8-15)10-14(18)19/h3-6H,2,7-10H2,1H3,(H,16,17)(H,18,19). The molecule has 0 heterocycles. The SMILES string of the molecule is Cc1ccc(CC(=O)NC2(CC(=O)O)CCC2)cc1. The van der Waals surface area contributed by atoms with Crippen LogP contribution in [0.1, 0.15) is 36.8 Å². The average molecular weight is 261 g/mol. The van der Waals surface area contributed by atoms with Gasteiger partial charge in [-0.3, -0.25) is 9.59 Å². The van der Waals surface area contributed by atoms with Gasteiger partial charge in [-0.15, -0.1) is 0 Å². The Morgan fingerprint density at radius 1 is 1.26 bits per heavy atom. The summed E-state index contributed by atoms with van der Waals surface area (Å²) in [6.45, 7) is 2.00. The summed E-state index contributed by atoms with van der Waals surface area (Å²) in [6, 6.07) is 7.80. The first kappa shape index (κ1) is 13.6. The third kappa shape index (κ3) is 3.56. The largest absolute Gasteiger partial charge is 0.481 e. The molecule has 1 aliphatic rings. The molecule has 0 spiro atoms. The number of aliphatic carboxylic acids is 1. The predicted octanol–water partition coefficient (Wildman–Crippen LogP) is 2.05. The molecule has 0 saturated heterocycles. The topological polar surface area (TPSA) is 66.4 Å². The van der Waals surface area contributed by atoms with Crippen molar-refractivity contribution in [3.05, 3.63) is 35.4 Å². The summed E-state index contributed by atoms with van der Waals surface area (Å²) in [5.41, 5.74) is 1.60. The smallest absolute Gasteiger partial charge is 0.305 e. The van der Waals surface area contributed by atoms with Crippen LogP contribution < -0.4 is 5.32 Å². The van der Waals surface area contributed by atoms with Crippen molar-refractivity contribution in [2.24, 2.45) is 0 Å². The van der Waals surface area contributed by atoms with Crippen LogP contribution in [0.4, 0.5) is 0 Å². The van der Waals surface area contributed by atoms with Gasteiger partial charge in [0.25, 0.3) is 0 Å². The maximum Gasteiger partial charge on any atom is 0.305 e. The van der Waals surface area contributed by atoms with Gasteiger partial charge in [-0.25, -0.2) is 0 Å². The number of benzene rings is 1. The highest BCUT2D eigenvalue weighted by Crippen LogP contribution is 2.34. The van der Waals surface area contributed by atoms with Crippen LogP contribution in [0.2, 0.25) is 0 Å². The van der Waals surface area contributed by atoms with Gasteiger partial charge >= 0.3 is 5.97 Å². The minimum Gasteiger partial charge on any atom is -0.481 e. The highest BCUT2D eigenvalue weighted by atomic mass is 16.4. The molecule has 4 heteroatoms. The summed E-state index contributed by atoms with van der Waals surface area (Å²) in [6.07, 6.45) is 2.84. The summed E-state index contributed by atoms with van der Waals surface area (Å²) in [7, 11) is 0. The third-order valence-corrected chi connectivity index (χ3v) is 3.69. The quantitative estimate of drug-likeness (QED) is 0.852. The first-order valence-corrected chi connectivity index (χ1v) is 6.57. The lowest BCUT2D eigenvalue weighted by Gasteiger charge is -2.41. The van der Waals surface area contributed by atoms with Crippen LogP contribution in [0.5, 0.6) is 0 Å². The van der Waals surface area contributed by atoms with E-state index >= 15 is 0 Å². The van der Waals surface area contributed by atoms with E-state index in [0.29, 0.717) is 6.42 Å². The molecule has 1 aromatic carbocycles. The molecule has 0 radical (unpaired) electrons. The second kappa shape index (κ2) is 5.43. The fourth-order valence-electron chi connectivity index (χ4n) is 2.47. The number of carboxylic acid groups (broad SMARTS) is 1. The molecule has 2 rings (SSSR count). The van der Waals surface area contributed by atoms with Gasteiger partial charge in [0, 0.05) is 0 Å². The Labute approximate surface area is 112 Å². The van der Waals surface area contributed by atoms with Gasteiger partial charge in [-0.1, -0.05) is 29.8 Å². The van der Waals surface area contributed by atoms with Crippen molar-refractivity contribution < 1.29 is 14.7 Å². The van der Waals surface area contributed by atoms with Crippen LogP contribution in [0.3, 0.4) is 0 Å². The Bertz CT molecular complexity index is 475. The summed E-state index contributed by atoms with van der Waals surface area (Å²) < 4.78 is 0. The average Bonchev–Trinajstić information content (AvgIpc) is 2.28. The van der Waals surface area contributed by atoms with Crippen molar-refractivity contribution >= 4 is 11.9 Å². The first-order valence-electron chi connectivity index (χ1n) is 6.57. The number of hydrogen-bond donors (Lipinski definition) is 2. The van der Waals surface area contributed by atoms with Gasteiger partial charge in [0.1, 0.15) is 0 Å². The van der Waals surface area contributed by atoms with Crippen molar-refractivity contribution in [1.82, 2.24) is 5.32 Å². The summed E-state index contributed by atoms with van der Waals surface area (Å²) >= 11 is 0. The van der Waals surface area contributed by atoms with E-state index in [4.69, 9.17) is 5.11 Å². The Morgan fingerprint density at radius 2 is 1.89 bits per heavy atom. The van der Waals surface area contributed by atoms with E-state index in [9.17, 15) is 9.59 Å². The number of hydrogen-bond acceptors (Lipinski definition) is 2. The minimum absolute atomic E-state index is 0.0205. The molecule has 1 saturated carbocycles. The monoisotopic (exact) mass is 261 g/mol. The van der Waals surface area contributed by atoms with Gasteiger partial charge in [-0.2, -0.15) is 0 Å². The number of carbonyl (C=O) groups is 2. The molecule has 0 bridgehead atoms. The summed E-state index contributed by atoms with van der Waals surface area (Å²) in [4.78, 5) is 22.8. The van der Waals surface area contributed by atoms with Crippen LogP contribution in [0.25, 0.3) is 0 Å². The zero-order valence-corrected chi connectivity index (χ0v) is 11.1. The van der Waals surface area contributed by atoms with Crippen molar-refractivity contribution in [3.63, 3.8) is 0 Å². The highest BCUT2D eigenvalue weighted by molar-refractivity contribution is 5.80. The lowest BCUT2D eigenvalue weighted by molar-refractivity contribution is -0.140. The maximum atomic E-state index is 12.0. The third-order valence-electron chi connectivity index (χ3n) is 3.69. The molecular formula is C15H19NO3. The van der Waals surface area contributed by atoms with Gasteiger partial charge < -0.3 is 10.4 Å². The van der Waals surface area contributed by atoms with Gasteiger partial charge in [0.2, 0.25) is 5.91 Å². The molecule has 4 nitrogen and oxygen atoms in total. The van der Waals surface area contributed by atoms with Crippen molar-refractivity contribution in [3.8, 4) is 0 Å². The fraction of sp³-hybridized carbons (Fsp3) is 0.467. The van der Waals surface area contributed by atoms with Crippen molar-refractivity contribution in [1.29, 1.82) is 0 Å². The lowest BCUT2D eigenvalue weighted by Crippen LogP contribution is -2.55. The number of carboxylic acids is 1. The summed E-state index contributed by atoms with van der Waals surface area (Å²) in [5.74, 6) is -0.944. The number of amides is 1. The van der Waals surface area contributed by atoms with E-state index in [1.54, 1.807) is 0 Å². The van der Waals surface area contributed by atoms with Crippen molar-refractivity contribution in [2.75, 3.05) is 0 Å². The van der Waals surface area contributed by atoms with Crippen LogP contribution in [0.15, 0.2) is 24.3 Å². The molecule has 2 N–H and O–H groups in total. The van der Waals surface area contributed by atoms with Crippen LogP contribution in [-0.4, -0.2) is 22.5 Å². The molecule has 1 fully saturated rings. The highest BCUT2D eigenvalue weighted by Gasteiger charge is 2.40. The Morgan fingerprint density at radius 3 is 2.37 bits per heavy atom. The summed E-state index contributed by atoms with van der Waals surface area (Å²) in [5, 5.41) is 11.8. The van der Waals surface area contributed by atoms with Crippen molar-refractivity contribution in [2.45, 2.75) is 44.6 Å². The predicted molar refractivity (Wildman–Crippen MR) is 71.9 cm³/mol. The number of carbonyl (C=O) groups excluding carboxylic acids is 1. The second-order valence-corrected chi connectivity index (χ2v) is 5.41. The molecule has 19 heavy (non-hydrogen) atoms. The van der Waals surface area contributed by atoms with E-state index < -0.39 is 11.5 Å². The van der Waals surface area contributed by atoms with E-state index in [-0.39, 0.29) is 12.3 Å². The van der Waals surface area contributed by atoms with E-state index in [0.717, 1.165) is 30.4 Å². The van der Waals surface area contributed by atoms with Gasteiger partial charge in [0.15, 0.2) is 0 Å². The minimum atomic E-state index is -0.852. The first-order chi connectivity index (χ1) is 8.99. The normalized spacial score (nSPS) is 16.5. The van der Waals surface area contributed by atoms with Gasteiger partial charge in [0.05, 0.1) is 18.4 Å². The number of rotatable bonds is 5. The molecule has 102 valence electrons. The lowest BCUT2D eigenvalue weighted by atomic mass is 9.74. The van der Waals surface area contributed by atoms with Crippen LogP contribution in [0, 0.1) is 6.92 Å². The molecule has 0 aliphatic heterocycles. The fourth-order valence-corrected chi connectivity index (χ4v) is 2.47. The zero-order chi connectivity index (χ0) is 13.9. The molecule has 1 amide bonds. The Hall–Kier alpha value is -1.84. The Balaban J connectivity index is 1.93. The van der Waals surface area contributed by atoms with Gasteiger partial charge in [-0.05, 0) is 31.7 Å².